The zero-order valence-corrected chi connectivity index (χ0v) is 16.5. The predicted molar refractivity (Wildman–Crippen MR) is 107 cm³/mol. The molecule has 0 radical (unpaired) electrons. The van der Waals surface area contributed by atoms with E-state index in [9.17, 15) is 18.4 Å². The summed E-state index contributed by atoms with van der Waals surface area (Å²) in [4.78, 5) is 39.8. The van der Waals surface area contributed by atoms with Crippen molar-refractivity contribution in [1.82, 2.24) is 25.3 Å². The number of hydrogen-bond acceptors (Lipinski definition) is 6. The maximum absolute atomic E-state index is 13.0. The van der Waals surface area contributed by atoms with Crippen molar-refractivity contribution in [3.8, 4) is 17.4 Å². The highest BCUT2D eigenvalue weighted by Crippen LogP contribution is 2.54. The smallest absolute Gasteiger partial charge is 0.387 e. The van der Waals surface area contributed by atoms with Crippen molar-refractivity contribution >= 4 is 5.91 Å². The molecule has 0 bridgehead atoms. The van der Waals surface area contributed by atoms with E-state index in [1.807, 2.05) is 6.92 Å². The van der Waals surface area contributed by atoms with Crippen LogP contribution in [0.1, 0.15) is 41.9 Å². The van der Waals surface area contributed by atoms with Crippen LogP contribution in [0.25, 0.3) is 11.6 Å². The second-order valence-electron chi connectivity index (χ2n) is 7.56. The van der Waals surface area contributed by atoms with Crippen LogP contribution in [-0.4, -0.2) is 32.5 Å². The third kappa shape index (κ3) is 4.73. The molecule has 1 fully saturated rings. The number of aromatic amines is 1. The Morgan fingerprint density at radius 1 is 1.19 bits per heavy atom. The first kappa shape index (κ1) is 20.6. The topological polar surface area (TPSA) is 110 Å². The van der Waals surface area contributed by atoms with Crippen molar-refractivity contribution in [1.29, 1.82) is 0 Å². The molecule has 160 valence electrons. The van der Waals surface area contributed by atoms with Crippen molar-refractivity contribution in [3.63, 3.8) is 0 Å². The van der Waals surface area contributed by atoms with E-state index in [4.69, 9.17) is 0 Å². The number of benzene rings is 1. The molecule has 0 saturated heterocycles. The van der Waals surface area contributed by atoms with Gasteiger partial charge < -0.3 is 15.0 Å². The molecule has 1 aliphatic carbocycles. The second-order valence-corrected chi connectivity index (χ2v) is 7.56. The maximum atomic E-state index is 13.0. The molecule has 2 aromatic heterocycles. The third-order valence-corrected chi connectivity index (χ3v) is 5.20. The van der Waals surface area contributed by atoms with Crippen molar-refractivity contribution in [2.24, 2.45) is 5.41 Å². The maximum Gasteiger partial charge on any atom is 0.387 e. The summed E-state index contributed by atoms with van der Waals surface area (Å²) in [6.45, 7) is -0.886. The lowest BCUT2D eigenvalue weighted by molar-refractivity contribution is -0.0498. The average molecular weight is 427 g/mol. The van der Waals surface area contributed by atoms with E-state index in [2.05, 4.69) is 30.0 Å². The molecule has 0 spiro atoms. The fourth-order valence-electron chi connectivity index (χ4n) is 3.29. The first-order valence-corrected chi connectivity index (χ1v) is 9.58. The van der Waals surface area contributed by atoms with Gasteiger partial charge in [-0.25, -0.2) is 15.0 Å². The number of nitrogens with zero attached hydrogens (tertiary/aromatic N) is 3. The number of hydrogen-bond donors (Lipinski definition) is 2. The number of H-pyrrole nitrogens is 1. The first-order chi connectivity index (χ1) is 14.8. The Labute approximate surface area is 175 Å². The van der Waals surface area contributed by atoms with E-state index in [1.165, 1.54) is 24.5 Å². The van der Waals surface area contributed by atoms with Gasteiger partial charge in [-0.1, -0.05) is 19.1 Å². The number of carbonyl (C=O) groups excluding carboxylic acids is 1. The minimum atomic E-state index is -2.91. The van der Waals surface area contributed by atoms with Crippen LogP contribution in [0.2, 0.25) is 0 Å². The van der Waals surface area contributed by atoms with Gasteiger partial charge in [-0.2, -0.15) is 8.78 Å². The molecule has 2 N–H and O–H groups in total. The molecule has 1 aromatic carbocycles. The van der Waals surface area contributed by atoms with E-state index in [-0.39, 0.29) is 28.5 Å². The quantitative estimate of drug-likeness (QED) is 0.600. The van der Waals surface area contributed by atoms with Crippen LogP contribution in [0, 0.1) is 5.41 Å². The first-order valence-electron chi connectivity index (χ1n) is 9.58. The number of ether oxygens (including phenoxy) is 1. The van der Waals surface area contributed by atoms with Gasteiger partial charge in [0.05, 0.1) is 6.04 Å². The number of rotatable bonds is 7. The normalized spacial score (nSPS) is 15.4. The molecule has 1 atom stereocenters. The molecular weight excluding hydrogens is 408 g/mol. The van der Waals surface area contributed by atoms with E-state index in [0.29, 0.717) is 0 Å². The standard InChI is InChI=1S/C21H19F2N5O3/c1-21(7-8-21)16(12-3-5-13(6-4-12)31-20(22)23)28-19(30)14-11-15(29)27-18(26-14)17-24-9-2-10-25-17/h2-6,9-11,16,20H,7-8H2,1H3,(H,28,30)(H,26,27,29)/t16-/m0/s1. The number of amides is 1. The van der Waals surface area contributed by atoms with Gasteiger partial charge in [0.25, 0.3) is 11.5 Å². The van der Waals surface area contributed by atoms with Crippen LogP contribution in [0.5, 0.6) is 5.75 Å². The Balaban J connectivity index is 1.59. The van der Waals surface area contributed by atoms with Gasteiger partial charge >= 0.3 is 6.61 Å². The molecule has 1 aliphatic rings. The lowest BCUT2D eigenvalue weighted by Gasteiger charge is -2.25. The van der Waals surface area contributed by atoms with E-state index < -0.39 is 24.1 Å². The Hall–Kier alpha value is -3.69. The summed E-state index contributed by atoms with van der Waals surface area (Å²) >= 11 is 0. The van der Waals surface area contributed by atoms with Gasteiger partial charge in [-0.3, -0.25) is 9.59 Å². The summed E-state index contributed by atoms with van der Waals surface area (Å²) in [6, 6.07) is 8.48. The molecular formula is C21H19F2N5O3. The van der Waals surface area contributed by atoms with Gasteiger partial charge in [-0.05, 0) is 42.0 Å². The van der Waals surface area contributed by atoms with E-state index in [1.54, 1.807) is 18.2 Å². The molecule has 31 heavy (non-hydrogen) atoms. The summed E-state index contributed by atoms with van der Waals surface area (Å²) in [7, 11) is 0. The van der Waals surface area contributed by atoms with Crippen molar-refractivity contribution < 1.29 is 18.3 Å². The second kappa shape index (κ2) is 8.21. The van der Waals surface area contributed by atoms with Crippen LogP contribution < -0.4 is 15.6 Å². The number of halogens is 2. The zero-order chi connectivity index (χ0) is 22.0. The van der Waals surface area contributed by atoms with Gasteiger partial charge in [0.15, 0.2) is 11.6 Å². The highest BCUT2D eigenvalue weighted by atomic mass is 19.3. The van der Waals surface area contributed by atoms with Crippen LogP contribution >= 0.6 is 0 Å². The van der Waals surface area contributed by atoms with Gasteiger partial charge in [0.1, 0.15) is 11.4 Å². The van der Waals surface area contributed by atoms with Gasteiger partial charge in [0, 0.05) is 18.5 Å². The Kier molecular flexibility index (Phi) is 5.45. The van der Waals surface area contributed by atoms with E-state index in [0.717, 1.165) is 24.5 Å². The Morgan fingerprint density at radius 2 is 1.87 bits per heavy atom. The minimum absolute atomic E-state index is 0.0357. The monoisotopic (exact) mass is 427 g/mol. The van der Waals surface area contributed by atoms with Crippen LogP contribution in [0.4, 0.5) is 8.78 Å². The van der Waals surface area contributed by atoms with Crippen molar-refractivity contribution in [3.05, 3.63) is 70.4 Å². The van der Waals surface area contributed by atoms with Crippen LogP contribution in [0.15, 0.2) is 53.6 Å². The summed E-state index contributed by atoms with van der Waals surface area (Å²) < 4.78 is 29.2. The SMILES string of the molecule is CC1([C@@H](NC(=O)c2cc(=O)[nH]c(-c3ncccn3)n2)c2ccc(OC(F)F)cc2)CC1. The molecule has 4 rings (SSSR count). The summed E-state index contributed by atoms with van der Waals surface area (Å²) in [5, 5.41) is 2.93. The number of carbonyl (C=O) groups is 1. The largest absolute Gasteiger partial charge is 0.435 e. The fraction of sp³-hybridized carbons (Fsp3) is 0.286. The molecule has 8 nitrogen and oxygen atoms in total. The average Bonchev–Trinajstić information content (AvgIpc) is 3.50. The molecule has 3 aromatic rings. The summed E-state index contributed by atoms with van der Waals surface area (Å²) in [6.07, 6.45) is 4.78. The Morgan fingerprint density at radius 3 is 2.48 bits per heavy atom. The summed E-state index contributed by atoms with van der Waals surface area (Å²) in [5.41, 5.74) is -0.0253. The zero-order valence-electron chi connectivity index (χ0n) is 16.5. The number of nitrogens with one attached hydrogen (secondary N) is 2. The Bertz CT molecular complexity index is 1130. The number of aromatic nitrogens is 4. The molecule has 0 aliphatic heterocycles. The molecule has 1 saturated carbocycles. The summed E-state index contributed by atoms with van der Waals surface area (Å²) in [5.74, 6) is -0.224. The molecule has 0 unspecified atom stereocenters. The predicted octanol–water partition coefficient (Wildman–Crippen LogP) is 3.10. The van der Waals surface area contributed by atoms with Crippen molar-refractivity contribution in [2.75, 3.05) is 0 Å². The minimum Gasteiger partial charge on any atom is -0.435 e. The highest BCUT2D eigenvalue weighted by Gasteiger charge is 2.46. The third-order valence-electron chi connectivity index (χ3n) is 5.20. The molecule has 1 amide bonds. The molecule has 2 heterocycles. The number of alkyl halides is 2. The van der Waals surface area contributed by atoms with Crippen LogP contribution in [-0.2, 0) is 0 Å². The lowest BCUT2D eigenvalue weighted by atomic mass is 9.91. The van der Waals surface area contributed by atoms with Gasteiger partial charge in [-0.15, -0.1) is 0 Å². The van der Waals surface area contributed by atoms with Crippen molar-refractivity contribution in [2.45, 2.75) is 32.4 Å². The van der Waals surface area contributed by atoms with E-state index >= 15 is 0 Å². The lowest BCUT2D eigenvalue weighted by Crippen LogP contribution is -2.34. The van der Waals surface area contributed by atoms with Crippen LogP contribution in [0.3, 0.4) is 0 Å². The van der Waals surface area contributed by atoms with Gasteiger partial charge in [0.2, 0.25) is 0 Å². The fourth-order valence-corrected chi connectivity index (χ4v) is 3.29. The molecule has 10 heteroatoms. The highest BCUT2D eigenvalue weighted by molar-refractivity contribution is 5.92.